The molecule has 1 saturated heterocycles. The summed E-state index contributed by atoms with van der Waals surface area (Å²) < 4.78 is 5.94. The lowest BCUT2D eigenvalue weighted by atomic mass is 9.99. The van der Waals surface area contributed by atoms with Crippen LogP contribution in [0, 0.1) is 5.92 Å². The van der Waals surface area contributed by atoms with Crippen molar-refractivity contribution >= 4 is 12.4 Å². The Kier molecular flexibility index (Phi) is 4.90. The summed E-state index contributed by atoms with van der Waals surface area (Å²) in [4.78, 5) is 0. The van der Waals surface area contributed by atoms with Gasteiger partial charge in [-0.15, -0.1) is 12.4 Å². The number of piperidine rings is 1. The van der Waals surface area contributed by atoms with Crippen molar-refractivity contribution in [2.45, 2.75) is 32.1 Å². The Morgan fingerprint density at radius 1 is 1.11 bits per heavy atom. The van der Waals surface area contributed by atoms with Crippen molar-refractivity contribution in [3.05, 3.63) is 29.3 Å². The van der Waals surface area contributed by atoms with E-state index < -0.39 is 0 Å². The first-order chi connectivity index (χ1) is 8.42. The zero-order chi connectivity index (χ0) is 11.5. The number of fused-ring (bicyclic) bond motifs is 1. The minimum Gasteiger partial charge on any atom is -0.493 e. The van der Waals surface area contributed by atoms with Gasteiger partial charge in [-0.25, -0.2) is 0 Å². The molecule has 1 aromatic rings. The quantitative estimate of drug-likeness (QED) is 0.909. The highest BCUT2D eigenvalue weighted by molar-refractivity contribution is 5.85. The Labute approximate surface area is 116 Å². The fraction of sp³-hybridized carbons (Fsp3) is 0.600. The molecule has 1 aliphatic carbocycles. The van der Waals surface area contributed by atoms with Crippen LogP contribution in [-0.2, 0) is 12.8 Å². The molecule has 1 heterocycles. The Morgan fingerprint density at radius 3 is 2.72 bits per heavy atom. The Balaban J connectivity index is 0.00000120. The van der Waals surface area contributed by atoms with Crippen molar-refractivity contribution in [1.82, 2.24) is 5.32 Å². The summed E-state index contributed by atoms with van der Waals surface area (Å²) in [6.45, 7) is 3.19. The van der Waals surface area contributed by atoms with Crippen LogP contribution in [0.15, 0.2) is 18.2 Å². The molecule has 0 atom stereocenters. The molecule has 0 bridgehead atoms. The predicted molar refractivity (Wildman–Crippen MR) is 76.8 cm³/mol. The van der Waals surface area contributed by atoms with E-state index in [4.69, 9.17) is 4.74 Å². The Hall–Kier alpha value is -0.730. The van der Waals surface area contributed by atoms with Crippen LogP contribution >= 0.6 is 12.4 Å². The van der Waals surface area contributed by atoms with Crippen LogP contribution in [0.3, 0.4) is 0 Å². The van der Waals surface area contributed by atoms with E-state index in [0.717, 1.165) is 31.4 Å². The summed E-state index contributed by atoms with van der Waals surface area (Å²) in [7, 11) is 0. The lowest BCUT2D eigenvalue weighted by Crippen LogP contribution is -2.30. The standard InChI is InChI=1S/C15H21NO.ClH/c1-2-13-4-5-15(10-14(13)3-1)17-11-12-6-8-16-9-7-12;/h4-5,10,12,16H,1-3,6-9,11H2;1H. The molecular formula is C15H22ClNO. The largest absolute Gasteiger partial charge is 0.493 e. The molecule has 3 rings (SSSR count). The number of rotatable bonds is 3. The molecule has 2 nitrogen and oxygen atoms in total. The second-order valence-corrected chi connectivity index (χ2v) is 5.29. The van der Waals surface area contributed by atoms with E-state index in [9.17, 15) is 0 Å². The van der Waals surface area contributed by atoms with Crippen molar-refractivity contribution in [3.8, 4) is 5.75 Å². The highest BCUT2D eigenvalue weighted by Crippen LogP contribution is 2.26. The monoisotopic (exact) mass is 267 g/mol. The van der Waals surface area contributed by atoms with Crippen LogP contribution in [0.25, 0.3) is 0 Å². The first kappa shape index (κ1) is 13.7. The van der Waals surface area contributed by atoms with E-state index >= 15 is 0 Å². The molecule has 1 aliphatic heterocycles. The third-order valence-corrected chi connectivity index (χ3v) is 4.01. The van der Waals surface area contributed by atoms with Gasteiger partial charge in [-0.3, -0.25) is 0 Å². The maximum absolute atomic E-state index is 5.94. The maximum Gasteiger partial charge on any atom is 0.119 e. The van der Waals surface area contributed by atoms with E-state index in [1.165, 1.54) is 43.2 Å². The second-order valence-electron chi connectivity index (χ2n) is 5.29. The molecule has 0 amide bonds. The maximum atomic E-state index is 5.94. The van der Waals surface area contributed by atoms with Gasteiger partial charge in [-0.1, -0.05) is 6.07 Å². The smallest absolute Gasteiger partial charge is 0.119 e. The van der Waals surface area contributed by atoms with Gasteiger partial charge >= 0.3 is 0 Å². The van der Waals surface area contributed by atoms with Crippen molar-refractivity contribution in [2.24, 2.45) is 5.92 Å². The van der Waals surface area contributed by atoms with Crippen LogP contribution in [0.5, 0.6) is 5.75 Å². The molecule has 0 radical (unpaired) electrons. The SMILES string of the molecule is Cl.c1cc2c(cc1OCC1CCNCC1)CCC2. The van der Waals surface area contributed by atoms with Crippen LogP contribution in [-0.4, -0.2) is 19.7 Å². The highest BCUT2D eigenvalue weighted by Gasteiger charge is 2.15. The van der Waals surface area contributed by atoms with Crippen LogP contribution in [0.2, 0.25) is 0 Å². The second kappa shape index (κ2) is 6.44. The molecule has 0 unspecified atom stereocenters. The highest BCUT2D eigenvalue weighted by atomic mass is 35.5. The van der Waals surface area contributed by atoms with Gasteiger partial charge in [-0.2, -0.15) is 0 Å². The van der Waals surface area contributed by atoms with Gasteiger partial charge in [0.25, 0.3) is 0 Å². The van der Waals surface area contributed by atoms with E-state index in [1.807, 2.05) is 0 Å². The summed E-state index contributed by atoms with van der Waals surface area (Å²) in [5, 5.41) is 3.39. The van der Waals surface area contributed by atoms with Crippen molar-refractivity contribution in [3.63, 3.8) is 0 Å². The van der Waals surface area contributed by atoms with Crippen LogP contribution in [0.1, 0.15) is 30.4 Å². The summed E-state index contributed by atoms with van der Waals surface area (Å²) in [6.07, 6.45) is 6.31. The number of hydrogen-bond acceptors (Lipinski definition) is 2. The van der Waals surface area contributed by atoms with Crippen LogP contribution in [0.4, 0.5) is 0 Å². The first-order valence-corrected chi connectivity index (χ1v) is 6.87. The number of hydrogen-bond donors (Lipinski definition) is 1. The first-order valence-electron chi connectivity index (χ1n) is 6.87. The normalized spacial score (nSPS) is 19.1. The molecule has 3 heteroatoms. The summed E-state index contributed by atoms with van der Waals surface area (Å²) in [5.41, 5.74) is 3.03. The summed E-state index contributed by atoms with van der Waals surface area (Å²) in [6, 6.07) is 6.65. The molecule has 18 heavy (non-hydrogen) atoms. The lowest BCUT2D eigenvalue weighted by molar-refractivity contribution is 0.215. The van der Waals surface area contributed by atoms with E-state index in [0.29, 0.717) is 0 Å². The van der Waals surface area contributed by atoms with E-state index in [1.54, 1.807) is 0 Å². The molecule has 1 fully saturated rings. The molecule has 1 N–H and O–H groups in total. The molecule has 100 valence electrons. The van der Waals surface area contributed by atoms with Gasteiger partial charge in [-0.05, 0) is 74.4 Å². The number of nitrogens with one attached hydrogen (secondary N) is 1. The van der Waals surface area contributed by atoms with E-state index in [-0.39, 0.29) is 12.4 Å². The minimum atomic E-state index is 0. The molecule has 0 aromatic heterocycles. The van der Waals surface area contributed by atoms with Crippen molar-refractivity contribution < 1.29 is 4.74 Å². The van der Waals surface area contributed by atoms with Gasteiger partial charge < -0.3 is 10.1 Å². The number of ether oxygens (including phenoxy) is 1. The summed E-state index contributed by atoms with van der Waals surface area (Å²) in [5.74, 6) is 1.81. The zero-order valence-electron chi connectivity index (χ0n) is 10.8. The van der Waals surface area contributed by atoms with E-state index in [2.05, 4.69) is 23.5 Å². The molecule has 0 spiro atoms. The average Bonchev–Trinajstić information content (AvgIpc) is 2.85. The van der Waals surface area contributed by atoms with Crippen molar-refractivity contribution in [1.29, 1.82) is 0 Å². The Morgan fingerprint density at radius 2 is 1.89 bits per heavy atom. The van der Waals surface area contributed by atoms with Gasteiger partial charge in [0.05, 0.1) is 6.61 Å². The zero-order valence-corrected chi connectivity index (χ0v) is 11.6. The molecule has 0 saturated carbocycles. The predicted octanol–water partition coefficient (Wildman–Crippen LogP) is 2.98. The average molecular weight is 268 g/mol. The Bertz CT molecular complexity index is 388. The van der Waals surface area contributed by atoms with Crippen molar-refractivity contribution in [2.75, 3.05) is 19.7 Å². The molecule has 2 aliphatic rings. The van der Waals surface area contributed by atoms with Gasteiger partial charge in [0.1, 0.15) is 5.75 Å². The third-order valence-electron chi connectivity index (χ3n) is 4.01. The molecule has 1 aromatic carbocycles. The number of halogens is 1. The third kappa shape index (κ3) is 3.18. The lowest BCUT2D eigenvalue weighted by Gasteiger charge is -2.22. The van der Waals surface area contributed by atoms with Gasteiger partial charge in [0, 0.05) is 0 Å². The van der Waals surface area contributed by atoms with Crippen LogP contribution < -0.4 is 10.1 Å². The number of benzene rings is 1. The van der Waals surface area contributed by atoms with Gasteiger partial charge in [0.15, 0.2) is 0 Å². The number of aryl methyl sites for hydroxylation is 2. The fourth-order valence-corrected chi connectivity index (χ4v) is 2.90. The molecular weight excluding hydrogens is 246 g/mol. The summed E-state index contributed by atoms with van der Waals surface area (Å²) >= 11 is 0. The minimum absolute atomic E-state index is 0. The topological polar surface area (TPSA) is 21.3 Å². The fourth-order valence-electron chi connectivity index (χ4n) is 2.90. The van der Waals surface area contributed by atoms with Gasteiger partial charge in [0.2, 0.25) is 0 Å².